The first kappa shape index (κ1) is 12.5. The van der Waals surface area contributed by atoms with Crippen molar-refractivity contribution < 1.29 is 5.11 Å². The number of nitrogens with two attached hydrogens (primary N) is 1. The molecule has 0 unspecified atom stereocenters. The molecule has 0 bridgehead atoms. The van der Waals surface area contributed by atoms with E-state index in [1.807, 2.05) is 6.08 Å². The zero-order chi connectivity index (χ0) is 9.78. The van der Waals surface area contributed by atoms with Gasteiger partial charge in [0.15, 0.2) is 0 Å². The zero-order valence-electron chi connectivity index (χ0n) is 8.54. The van der Waals surface area contributed by atoms with Gasteiger partial charge in [-0.15, -0.1) is 0 Å². The average Bonchev–Trinajstić information content (AvgIpc) is 2.16. The third-order valence-corrected chi connectivity index (χ3v) is 2.18. The summed E-state index contributed by atoms with van der Waals surface area (Å²) in [6, 6.07) is 0. The Bertz CT molecular complexity index is 113. The Morgan fingerprint density at radius 2 is 1.38 bits per heavy atom. The molecule has 0 aliphatic carbocycles. The topological polar surface area (TPSA) is 46.2 Å². The highest BCUT2D eigenvalue weighted by Crippen LogP contribution is 2.08. The molecule has 0 aromatic heterocycles. The molecule has 0 rings (SSSR count). The first-order valence-electron chi connectivity index (χ1n) is 5.41. The predicted molar refractivity (Wildman–Crippen MR) is 57.8 cm³/mol. The van der Waals surface area contributed by atoms with Crippen LogP contribution in [0.3, 0.4) is 0 Å². The van der Waals surface area contributed by atoms with Gasteiger partial charge in [-0.2, -0.15) is 0 Å². The van der Waals surface area contributed by atoms with Gasteiger partial charge < -0.3 is 10.8 Å². The van der Waals surface area contributed by atoms with E-state index < -0.39 is 0 Å². The quantitative estimate of drug-likeness (QED) is 0.428. The molecule has 2 nitrogen and oxygen atoms in total. The summed E-state index contributed by atoms with van der Waals surface area (Å²) < 4.78 is 0. The number of hydrogen-bond donors (Lipinski definition) is 2. The van der Waals surface area contributed by atoms with Crippen LogP contribution in [0.4, 0.5) is 0 Å². The molecule has 0 atom stereocenters. The van der Waals surface area contributed by atoms with Gasteiger partial charge in [0.05, 0.1) is 6.26 Å². The van der Waals surface area contributed by atoms with Crippen LogP contribution in [-0.2, 0) is 0 Å². The molecule has 0 heterocycles. The van der Waals surface area contributed by atoms with Gasteiger partial charge in [0.1, 0.15) is 0 Å². The summed E-state index contributed by atoms with van der Waals surface area (Å²) in [6.07, 6.45) is 12.9. The van der Waals surface area contributed by atoms with E-state index in [4.69, 9.17) is 10.8 Å². The van der Waals surface area contributed by atoms with Crippen molar-refractivity contribution in [3.8, 4) is 0 Å². The molecule has 0 aliphatic rings. The predicted octanol–water partition coefficient (Wildman–Crippen LogP) is 3.14. The van der Waals surface area contributed by atoms with E-state index >= 15 is 0 Å². The molecule has 0 aromatic carbocycles. The number of allylic oxidation sites excluding steroid dienone is 1. The Morgan fingerprint density at radius 3 is 1.92 bits per heavy atom. The number of unbranched alkanes of at least 4 members (excludes halogenated alkanes) is 7. The lowest BCUT2D eigenvalue weighted by atomic mass is 10.1. The van der Waals surface area contributed by atoms with E-state index in [0.29, 0.717) is 0 Å². The molecular weight excluding hydrogens is 162 g/mol. The van der Waals surface area contributed by atoms with E-state index in [2.05, 4.69) is 0 Å². The monoisotopic (exact) mass is 185 g/mol. The number of aliphatic hydroxyl groups excluding tert-OH is 1. The van der Waals surface area contributed by atoms with Gasteiger partial charge in [-0.05, 0) is 25.8 Å². The zero-order valence-corrected chi connectivity index (χ0v) is 8.54. The van der Waals surface area contributed by atoms with Crippen LogP contribution in [0.15, 0.2) is 12.3 Å². The maximum atomic E-state index is 8.37. The third kappa shape index (κ3) is 11.5. The smallest absolute Gasteiger partial charge is 0.0751 e. The summed E-state index contributed by atoms with van der Waals surface area (Å²) in [5.74, 6) is 0. The van der Waals surface area contributed by atoms with Crippen molar-refractivity contribution >= 4 is 0 Å². The van der Waals surface area contributed by atoms with Crippen LogP contribution < -0.4 is 5.73 Å². The van der Waals surface area contributed by atoms with Crippen molar-refractivity contribution in [1.82, 2.24) is 0 Å². The Kier molecular flexibility index (Phi) is 11.1. The molecule has 0 fully saturated rings. The lowest BCUT2D eigenvalue weighted by Crippen LogP contribution is -1.97. The second kappa shape index (κ2) is 11.5. The molecule has 0 aromatic rings. The van der Waals surface area contributed by atoms with E-state index in [9.17, 15) is 0 Å². The van der Waals surface area contributed by atoms with Crippen LogP contribution in [-0.4, -0.2) is 11.7 Å². The van der Waals surface area contributed by atoms with Crippen LogP contribution in [0, 0.1) is 0 Å². The SMILES string of the molecule is NCCCCCCCCCC=CO. The largest absolute Gasteiger partial charge is 0.516 e. The number of hydrogen-bond acceptors (Lipinski definition) is 2. The maximum Gasteiger partial charge on any atom is 0.0751 e. The van der Waals surface area contributed by atoms with Crippen molar-refractivity contribution in [3.63, 3.8) is 0 Å². The first-order valence-corrected chi connectivity index (χ1v) is 5.41. The minimum absolute atomic E-state index is 0.835. The lowest BCUT2D eigenvalue weighted by Gasteiger charge is -1.99. The second-order valence-electron chi connectivity index (χ2n) is 3.44. The Balaban J connectivity index is 2.83. The normalized spacial score (nSPS) is 11.2. The Morgan fingerprint density at radius 1 is 0.846 bits per heavy atom. The molecule has 0 saturated carbocycles. The van der Waals surface area contributed by atoms with Gasteiger partial charge in [-0.3, -0.25) is 0 Å². The van der Waals surface area contributed by atoms with Gasteiger partial charge >= 0.3 is 0 Å². The van der Waals surface area contributed by atoms with Crippen molar-refractivity contribution in [2.24, 2.45) is 5.73 Å². The number of rotatable bonds is 9. The standard InChI is InChI=1S/C11H23NO/c12-10-8-6-4-2-1-3-5-7-9-11-13/h9,11,13H,1-8,10,12H2. The van der Waals surface area contributed by atoms with E-state index in [0.717, 1.165) is 19.2 Å². The molecule has 0 spiro atoms. The molecule has 3 N–H and O–H groups in total. The third-order valence-electron chi connectivity index (χ3n) is 2.18. The highest BCUT2D eigenvalue weighted by Gasteiger charge is 1.89. The van der Waals surface area contributed by atoms with Crippen molar-refractivity contribution in [2.75, 3.05) is 6.54 Å². The Labute approximate surface area is 81.8 Å². The van der Waals surface area contributed by atoms with E-state index in [1.165, 1.54) is 44.9 Å². The van der Waals surface area contributed by atoms with Gasteiger partial charge in [0.25, 0.3) is 0 Å². The van der Waals surface area contributed by atoms with Crippen molar-refractivity contribution in [3.05, 3.63) is 12.3 Å². The highest BCUT2D eigenvalue weighted by molar-refractivity contribution is 4.70. The summed E-state index contributed by atoms with van der Waals surface area (Å²) in [6.45, 7) is 0.835. The van der Waals surface area contributed by atoms with Gasteiger partial charge in [-0.25, -0.2) is 0 Å². The van der Waals surface area contributed by atoms with Crippen LogP contribution in [0.1, 0.15) is 51.4 Å². The summed E-state index contributed by atoms with van der Waals surface area (Å²) in [7, 11) is 0. The minimum atomic E-state index is 0.835. The van der Waals surface area contributed by atoms with Gasteiger partial charge in [-0.1, -0.05) is 38.2 Å². The Hall–Kier alpha value is -0.500. The molecule has 2 heteroatoms. The molecule has 0 saturated heterocycles. The molecule has 78 valence electrons. The van der Waals surface area contributed by atoms with Crippen LogP contribution in [0.5, 0.6) is 0 Å². The fraction of sp³-hybridized carbons (Fsp3) is 0.818. The van der Waals surface area contributed by atoms with Crippen molar-refractivity contribution in [2.45, 2.75) is 51.4 Å². The average molecular weight is 185 g/mol. The molecule has 0 aliphatic heterocycles. The van der Waals surface area contributed by atoms with Gasteiger partial charge in [0.2, 0.25) is 0 Å². The van der Waals surface area contributed by atoms with Crippen LogP contribution in [0.2, 0.25) is 0 Å². The second-order valence-corrected chi connectivity index (χ2v) is 3.44. The molecule has 0 radical (unpaired) electrons. The fourth-order valence-corrected chi connectivity index (χ4v) is 1.36. The first-order chi connectivity index (χ1) is 6.41. The molecular formula is C11H23NO. The van der Waals surface area contributed by atoms with E-state index in [-0.39, 0.29) is 0 Å². The molecule has 0 amide bonds. The molecule has 13 heavy (non-hydrogen) atoms. The number of aliphatic hydroxyl groups is 1. The summed E-state index contributed by atoms with van der Waals surface area (Å²) >= 11 is 0. The van der Waals surface area contributed by atoms with E-state index in [1.54, 1.807) is 0 Å². The fourth-order valence-electron chi connectivity index (χ4n) is 1.36. The minimum Gasteiger partial charge on any atom is -0.516 e. The summed E-state index contributed by atoms with van der Waals surface area (Å²) in [4.78, 5) is 0. The van der Waals surface area contributed by atoms with Crippen LogP contribution >= 0.6 is 0 Å². The van der Waals surface area contributed by atoms with Crippen LogP contribution in [0.25, 0.3) is 0 Å². The maximum absolute atomic E-state index is 8.37. The lowest BCUT2D eigenvalue weighted by molar-refractivity contribution is 0.469. The summed E-state index contributed by atoms with van der Waals surface area (Å²) in [5.41, 5.74) is 5.39. The van der Waals surface area contributed by atoms with Gasteiger partial charge in [0, 0.05) is 0 Å². The highest BCUT2D eigenvalue weighted by atomic mass is 16.2. The summed E-state index contributed by atoms with van der Waals surface area (Å²) in [5, 5.41) is 8.37. The van der Waals surface area contributed by atoms with Crippen molar-refractivity contribution in [1.29, 1.82) is 0 Å².